The summed E-state index contributed by atoms with van der Waals surface area (Å²) >= 11 is 0. The van der Waals surface area contributed by atoms with Gasteiger partial charge < -0.3 is 10.6 Å². The second-order valence-electron chi connectivity index (χ2n) is 6.23. The van der Waals surface area contributed by atoms with Gasteiger partial charge in [-0.15, -0.1) is 0 Å². The molecule has 1 unspecified atom stereocenters. The minimum absolute atomic E-state index is 0.0638. The second-order valence-corrected chi connectivity index (χ2v) is 8.22. The zero-order valence-corrected chi connectivity index (χ0v) is 13.5. The third kappa shape index (κ3) is 3.51. The first kappa shape index (κ1) is 16.2. The molecular formula is C13H28N4O2S. The van der Waals surface area contributed by atoms with Crippen LogP contribution in [-0.4, -0.2) is 87.2 Å². The van der Waals surface area contributed by atoms with E-state index in [9.17, 15) is 8.42 Å². The van der Waals surface area contributed by atoms with Gasteiger partial charge in [-0.25, -0.2) is 8.42 Å². The van der Waals surface area contributed by atoms with E-state index in [0.717, 1.165) is 39.0 Å². The van der Waals surface area contributed by atoms with E-state index >= 15 is 0 Å². The fraction of sp³-hybridized carbons (Fsp3) is 1.00. The molecule has 0 bridgehead atoms. The third-order valence-electron chi connectivity index (χ3n) is 4.90. The first-order valence-corrected chi connectivity index (χ1v) is 9.31. The van der Waals surface area contributed by atoms with E-state index in [0.29, 0.717) is 19.6 Å². The number of hydrogen-bond acceptors (Lipinski definition) is 5. The van der Waals surface area contributed by atoms with E-state index in [2.05, 4.69) is 16.8 Å². The summed E-state index contributed by atoms with van der Waals surface area (Å²) in [6.45, 7) is 5.66. The molecule has 2 rings (SSSR count). The predicted octanol–water partition coefficient (Wildman–Crippen LogP) is -0.623. The Kier molecular flexibility index (Phi) is 5.07. The summed E-state index contributed by atoms with van der Waals surface area (Å²) in [5, 5.41) is 0. The Hall–Kier alpha value is -0.210. The molecule has 2 aliphatic rings. The van der Waals surface area contributed by atoms with Crippen LogP contribution >= 0.6 is 0 Å². The highest BCUT2D eigenvalue weighted by Crippen LogP contribution is 2.29. The molecule has 0 amide bonds. The van der Waals surface area contributed by atoms with Crippen LogP contribution in [-0.2, 0) is 10.0 Å². The van der Waals surface area contributed by atoms with E-state index < -0.39 is 10.0 Å². The van der Waals surface area contributed by atoms with Gasteiger partial charge in [0, 0.05) is 38.3 Å². The highest BCUT2D eigenvalue weighted by atomic mass is 32.2. The SMILES string of the molecule is CN1CCCC(CN)(N2CCN(S(C)(=O)=O)CC2)CC1. The molecule has 6 nitrogen and oxygen atoms in total. The number of nitrogens with two attached hydrogens (primary N) is 1. The number of piperazine rings is 1. The van der Waals surface area contributed by atoms with Crippen LogP contribution in [0.1, 0.15) is 19.3 Å². The standard InChI is InChI=1S/C13H28N4O2S/c1-15-6-3-4-13(12-14,5-7-15)16-8-10-17(11-9-16)20(2,18)19/h3-12,14H2,1-2H3. The first-order valence-electron chi connectivity index (χ1n) is 7.46. The van der Waals surface area contributed by atoms with Crippen molar-refractivity contribution in [1.29, 1.82) is 0 Å². The summed E-state index contributed by atoms with van der Waals surface area (Å²) in [5.74, 6) is 0. The van der Waals surface area contributed by atoms with Gasteiger partial charge >= 0.3 is 0 Å². The molecule has 20 heavy (non-hydrogen) atoms. The molecule has 2 fully saturated rings. The molecule has 0 aromatic heterocycles. The first-order chi connectivity index (χ1) is 9.37. The van der Waals surface area contributed by atoms with Crippen LogP contribution in [0.25, 0.3) is 0 Å². The molecule has 0 aliphatic carbocycles. The molecule has 2 saturated heterocycles. The smallest absolute Gasteiger partial charge is 0.211 e. The normalized spacial score (nSPS) is 32.1. The van der Waals surface area contributed by atoms with Crippen molar-refractivity contribution in [2.75, 3.05) is 59.1 Å². The van der Waals surface area contributed by atoms with Crippen molar-refractivity contribution in [3.63, 3.8) is 0 Å². The average molecular weight is 304 g/mol. The number of nitrogens with zero attached hydrogens (tertiary/aromatic N) is 3. The second kappa shape index (κ2) is 6.27. The van der Waals surface area contributed by atoms with Crippen LogP contribution < -0.4 is 5.73 Å². The lowest BCUT2D eigenvalue weighted by Crippen LogP contribution is -2.61. The largest absolute Gasteiger partial charge is 0.329 e. The van der Waals surface area contributed by atoms with Crippen LogP contribution in [0.3, 0.4) is 0 Å². The van der Waals surface area contributed by atoms with Gasteiger partial charge in [0.2, 0.25) is 10.0 Å². The summed E-state index contributed by atoms with van der Waals surface area (Å²) in [4.78, 5) is 4.80. The lowest BCUT2D eigenvalue weighted by molar-refractivity contribution is 0.0477. The van der Waals surface area contributed by atoms with Crippen molar-refractivity contribution in [3.8, 4) is 0 Å². The van der Waals surface area contributed by atoms with Crippen LogP contribution in [0, 0.1) is 0 Å². The van der Waals surface area contributed by atoms with Gasteiger partial charge in [-0.1, -0.05) is 0 Å². The Morgan fingerprint density at radius 3 is 2.25 bits per heavy atom. The van der Waals surface area contributed by atoms with Gasteiger partial charge in [0.15, 0.2) is 0 Å². The summed E-state index contributed by atoms with van der Waals surface area (Å²) in [6.07, 6.45) is 4.66. The molecule has 0 aromatic rings. The molecule has 0 radical (unpaired) electrons. The number of rotatable bonds is 3. The van der Waals surface area contributed by atoms with Gasteiger partial charge in [-0.3, -0.25) is 4.90 Å². The minimum Gasteiger partial charge on any atom is -0.329 e. The molecule has 1 atom stereocenters. The van der Waals surface area contributed by atoms with Crippen LogP contribution in [0.2, 0.25) is 0 Å². The monoisotopic (exact) mass is 304 g/mol. The molecule has 118 valence electrons. The van der Waals surface area contributed by atoms with E-state index in [1.807, 2.05) is 0 Å². The van der Waals surface area contributed by atoms with Crippen LogP contribution in [0.4, 0.5) is 0 Å². The summed E-state index contributed by atoms with van der Waals surface area (Å²) in [5.41, 5.74) is 6.18. The average Bonchev–Trinajstić information content (AvgIpc) is 2.61. The van der Waals surface area contributed by atoms with Crippen molar-refractivity contribution < 1.29 is 8.42 Å². The van der Waals surface area contributed by atoms with Gasteiger partial charge in [0.05, 0.1) is 6.26 Å². The molecule has 0 spiro atoms. The van der Waals surface area contributed by atoms with Crippen molar-refractivity contribution >= 4 is 10.0 Å². The summed E-state index contributed by atoms with van der Waals surface area (Å²) in [7, 11) is -0.894. The number of likely N-dealkylation sites (tertiary alicyclic amines) is 1. The maximum absolute atomic E-state index is 11.6. The Morgan fingerprint density at radius 1 is 1.05 bits per heavy atom. The zero-order valence-electron chi connectivity index (χ0n) is 12.7. The Labute approximate surface area is 122 Å². The fourth-order valence-electron chi connectivity index (χ4n) is 3.46. The maximum atomic E-state index is 11.6. The zero-order chi connectivity index (χ0) is 14.8. The van der Waals surface area contributed by atoms with Crippen LogP contribution in [0.15, 0.2) is 0 Å². The van der Waals surface area contributed by atoms with Gasteiger partial charge in [0.1, 0.15) is 0 Å². The topological polar surface area (TPSA) is 69.9 Å². The molecule has 7 heteroatoms. The lowest BCUT2D eigenvalue weighted by Gasteiger charge is -2.46. The van der Waals surface area contributed by atoms with Crippen molar-refractivity contribution in [3.05, 3.63) is 0 Å². The highest BCUT2D eigenvalue weighted by molar-refractivity contribution is 7.88. The Morgan fingerprint density at radius 2 is 1.70 bits per heavy atom. The van der Waals surface area contributed by atoms with E-state index in [1.54, 1.807) is 4.31 Å². The predicted molar refractivity (Wildman–Crippen MR) is 81.1 cm³/mol. The van der Waals surface area contributed by atoms with Gasteiger partial charge in [-0.05, 0) is 39.4 Å². The summed E-state index contributed by atoms with van der Waals surface area (Å²) < 4.78 is 24.8. The minimum atomic E-state index is -3.06. The number of sulfonamides is 1. The molecule has 0 saturated carbocycles. The molecule has 2 aliphatic heterocycles. The molecular weight excluding hydrogens is 276 g/mol. The molecule has 2 N–H and O–H groups in total. The Balaban J connectivity index is 2.03. The van der Waals surface area contributed by atoms with Gasteiger partial charge in [0.25, 0.3) is 0 Å². The Bertz CT molecular complexity index is 420. The molecule has 0 aromatic carbocycles. The van der Waals surface area contributed by atoms with E-state index in [1.165, 1.54) is 12.7 Å². The number of hydrogen-bond donors (Lipinski definition) is 1. The van der Waals surface area contributed by atoms with Gasteiger partial charge in [-0.2, -0.15) is 4.31 Å². The van der Waals surface area contributed by atoms with Crippen molar-refractivity contribution in [1.82, 2.24) is 14.1 Å². The fourth-order valence-corrected chi connectivity index (χ4v) is 4.28. The maximum Gasteiger partial charge on any atom is 0.211 e. The van der Waals surface area contributed by atoms with E-state index in [-0.39, 0.29) is 5.54 Å². The quantitative estimate of drug-likeness (QED) is 0.752. The van der Waals surface area contributed by atoms with Crippen LogP contribution in [0.5, 0.6) is 0 Å². The lowest BCUT2D eigenvalue weighted by atomic mass is 9.88. The molecule has 2 heterocycles. The van der Waals surface area contributed by atoms with E-state index in [4.69, 9.17) is 5.73 Å². The highest BCUT2D eigenvalue weighted by Gasteiger charge is 2.39. The van der Waals surface area contributed by atoms with Crippen molar-refractivity contribution in [2.24, 2.45) is 5.73 Å². The third-order valence-corrected chi connectivity index (χ3v) is 6.20. The van der Waals surface area contributed by atoms with Crippen molar-refractivity contribution in [2.45, 2.75) is 24.8 Å². The summed E-state index contributed by atoms with van der Waals surface area (Å²) in [6, 6.07) is 0.